The first-order valence-corrected chi connectivity index (χ1v) is 9.23. The van der Waals surface area contributed by atoms with Crippen molar-refractivity contribution in [1.82, 2.24) is 4.57 Å². The first-order chi connectivity index (χ1) is 13.0. The average Bonchev–Trinajstić information content (AvgIpc) is 2.96. The lowest BCUT2D eigenvalue weighted by Gasteiger charge is -2.13. The Bertz CT molecular complexity index is 1040. The molecule has 0 saturated heterocycles. The number of rotatable bonds is 6. The molecule has 0 atom stereocenters. The van der Waals surface area contributed by atoms with Gasteiger partial charge in [0, 0.05) is 33.8 Å². The summed E-state index contributed by atoms with van der Waals surface area (Å²) in [5, 5.41) is 14.4. The zero-order chi connectivity index (χ0) is 19.6. The van der Waals surface area contributed by atoms with E-state index in [2.05, 4.69) is 16.6 Å². The zero-order valence-electron chi connectivity index (χ0n) is 15.4. The van der Waals surface area contributed by atoms with Crippen LogP contribution in [0.2, 0.25) is 5.02 Å². The van der Waals surface area contributed by atoms with Crippen LogP contribution in [0.15, 0.2) is 47.6 Å². The van der Waals surface area contributed by atoms with E-state index in [4.69, 9.17) is 17.3 Å². The zero-order valence-corrected chi connectivity index (χ0v) is 16.1. The van der Waals surface area contributed by atoms with E-state index < -0.39 is 5.91 Å². The van der Waals surface area contributed by atoms with Gasteiger partial charge in [0.05, 0.1) is 11.2 Å². The molecule has 5 nitrogen and oxygen atoms in total. The Kier molecular flexibility index (Phi) is 5.51. The highest BCUT2D eigenvalue weighted by Gasteiger charge is 2.20. The van der Waals surface area contributed by atoms with E-state index in [0.717, 1.165) is 40.6 Å². The quantitative estimate of drug-likeness (QED) is 0.370. The summed E-state index contributed by atoms with van der Waals surface area (Å²) in [7, 11) is 0. The molecular weight excluding hydrogens is 362 g/mol. The molecule has 3 N–H and O–H groups in total. The topological polar surface area (TPSA) is 80.6 Å². The highest BCUT2D eigenvalue weighted by Crippen LogP contribution is 2.31. The smallest absolute Gasteiger partial charge is 0.248 e. The average molecular weight is 384 g/mol. The number of nitrogens with two attached hydrogens (primary N) is 1. The fourth-order valence-electron chi connectivity index (χ4n) is 3.48. The molecule has 0 radical (unpaired) electrons. The molecule has 140 valence electrons. The molecule has 0 aliphatic heterocycles. The van der Waals surface area contributed by atoms with Gasteiger partial charge in [0.25, 0.3) is 0 Å². The molecule has 3 rings (SSSR count). The van der Waals surface area contributed by atoms with Crippen LogP contribution in [0.5, 0.6) is 0 Å². The number of benzene rings is 2. The van der Waals surface area contributed by atoms with Gasteiger partial charge < -0.3 is 15.5 Å². The van der Waals surface area contributed by atoms with E-state index in [1.165, 1.54) is 0 Å². The lowest BCUT2D eigenvalue weighted by atomic mass is 10.0. The van der Waals surface area contributed by atoms with Crippen molar-refractivity contribution in [3.63, 3.8) is 0 Å². The maximum Gasteiger partial charge on any atom is 0.248 e. The second kappa shape index (κ2) is 7.84. The van der Waals surface area contributed by atoms with Crippen LogP contribution in [0.1, 0.15) is 47.4 Å². The Morgan fingerprint density at radius 3 is 2.63 bits per heavy atom. The minimum absolute atomic E-state index is 0.439. The molecular formula is C21H22ClN3O2. The number of fused-ring (bicyclic) bond motifs is 1. The fourth-order valence-corrected chi connectivity index (χ4v) is 3.68. The van der Waals surface area contributed by atoms with Gasteiger partial charge in [0.15, 0.2) is 0 Å². The molecule has 0 spiro atoms. The summed E-state index contributed by atoms with van der Waals surface area (Å²) in [5.74, 6) is -0.478. The van der Waals surface area contributed by atoms with Gasteiger partial charge in [-0.05, 0) is 37.1 Å². The number of hydrogen-bond donors (Lipinski definition) is 2. The minimum Gasteiger partial charge on any atom is -0.411 e. The standard InChI is InChI=1S/C21H22ClN3O2/c1-3-6-18-20(13(2)24-27)16-10-9-14(21(23)26)11-19(16)25(18)12-15-7-4-5-8-17(15)22/h4-5,7-11,27H,3,6,12H2,1-2H3,(H2,23,26). The lowest BCUT2D eigenvalue weighted by molar-refractivity contribution is 0.100. The minimum atomic E-state index is -0.478. The van der Waals surface area contributed by atoms with Crippen molar-refractivity contribution in [1.29, 1.82) is 0 Å². The summed E-state index contributed by atoms with van der Waals surface area (Å²) in [6, 6.07) is 13.0. The molecule has 2 aromatic carbocycles. The Morgan fingerprint density at radius 1 is 1.26 bits per heavy atom. The van der Waals surface area contributed by atoms with Crippen molar-refractivity contribution in [2.24, 2.45) is 10.9 Å². The first-order valence-electron chi connectivity index (χ1n) is 8.85. The maximum absolute atomic E-state index is 11.7. The van der Waals surface area contributed by atoms with Crippen molar-refractivity contribution in [3.8, 4) is 0 Å². The van der Waals surface area contributed by atoms with Gasteiger partial charge in [-0.3, -0.25) is 4.79 Å². The number of aromatic nitrogens is 1. The third-order valence-corrected chi connectivity index (χ3v) is 5.11. The predicted octanol–water partition coefficient (Wildman–Crippen LogP) is 4.59. The highest BCUT2D eigenvalue weighted by molar-refractivity contribution is 6.31. The molecule has 0 fully saturated rings. The van der Waals surface area contributed by atoms with Gasteiger partial charge in [0.2, 0.25) is 5.91 Å². The van der Waals surface area contributed by atoms with E-state index in [1.54, 1.807) is 19.1 Å². The summed E-state index contributed by atoms with van der Waals surface area (Å²) in [5.41, 5.74) is 10.2. The van der Waals surface area contributed by atoms with Crippen LogP contribution < -0.4 is 5.73 Å². The molecule has 0 aliphatic rings. The van der Waals surface area contributed by atoms with Crippen LogP contribution in [0.4, 0.5) is 0 Å². The summed E-state index contributed by atoms with van der Waals surface area (Å²) in [6.45, 7) is 4.42. The largest absolute Gasteiger partial charge is 0.411 e. The number of primary amides is 1. The van der Waals surface area contributed by atoms with E-state index in [-0.39, 0.29) is 0 Å². The van der Waals surface area contributed by atoms with Crippen LogP contribution in [-0.2, 0) is 13.0 Å². The van der Waals surface area contributed by atoms with Crippen LogP contribution in [0.25, 0.3) is 10.9 Å². The molecule has 1 amide bonds. The van der Waals surface area contributed by atoms with Crippen molar-refractivity contribution in [3.05, 3.63) is 69.9 Å². The Labute approximate surface area is 163 Å². The number of carbonyl (C=O) groups excluding carboxylic acids is 1. The normalized spacial score (nSPS) is 11.9. The summed E-state index contributed by atoms with van der Waals surface area (Å²) >= 11 is 6.38. The van der Waals surface area contributed by atoms with Crippen LogP contribution >= 0.6 is 11.6 Å². The summed E-state index contributed by atoms with van der Waals surface area (Å²) in [6.07, 6.45) is 1.72. The number of oxime groups is 1. The third kappa shape index (κ3) is 3.55. The van der Waals surface area contributed by atoms with Gasteiger partial charge in [-0.15, -0.1) is 0 Å². The van der Waals surface area contributed by atoms with E-state index in [0.29, 0.717) is 22.8 Å². The third-order valence-electron chi connectivity index (χ3n) is 4.74. The molecule has 0 unspecified atom stereocenters. The Morgan fingerprint density at radius 2 is 2.00 bits per heavy atom. The van der Waals surface area contributed by atoms with E-state index in [1.807, 2.05) is 30.3 Å². The van der Waals surface area contributed by atoms with Crippen LogP contribution in [0, 0.1) is 0 Å². The van der Waals surface area contributed by atoms with E-state index in [9.17, 15) is 10.0 Å². The van der Waals surface area contributed by atoms with Gasteiger partial charge in [0.1, 0.15) is 0 Å². The second-order valence-electron chi connectivity index (χ2n) is 6.53. The van der Waals surface area contributed by atoms with Gasteiger partial charge >= 0.3 is 0 Å². The maximum atomic E-state index is 11.7. The lowest BCUT2D eigenvalue weighted by Crippen LogP contribution is -2.11. The molecule has 3 aromatic rings. The van der Waals surface area contributed by atoms with Crippen LogP contribution in [0.3, 0.4) is 0 Å². The molecule has 27 heavy (non-hydrogen) atoms. The summed E-state index contributed by atoms with van der Waals surface area (Å²) in [4.78, 5) is 11.7. The van der Waals surface area contributed by atoms with Crippen molar-refractivity contribution >= 4 is 34.1 Å². The Balaban J connectivity index is 2.33. The number of hydrogen-bond acceptors (Lipinski definition) is 3. The van der Waals surface area contributed by atoms with Gasteiger partial charge in [-0.2, -0.15) is 0 Å². The number of amides is 1. The monoisotopic (exact) mass is 383 g/mol. The number of halogens is 1. The fraction of sp³-hybridized carbons (Fsp3) is 0.238. The molecule has 1 heterocycles. The number of carbonyl (C=O) groups is 1. The second-order valence-corrected chi connectivity index (χ2v) is 6.94. The molecule has 1 aromatic heterocycles. The highest BCUT2D eigenvalue weighted by atomic mass is 35.5. The summed E-state index contributed by atoms with van der Waals surface area (Å²) < 4.78 is 2.14. The molecule has 6 heteroatoms. The Hall–Kier alpha value is -2.79. The first kappa shape index (κ1) is 19.0. The van der Waals surface area contributed by atoms with Crippen molar-refractivity contribution in [2.45, 2.75) is 33.2 Å². The van der Waals surface area contributed by atoms with Crippen LogP contribution in [-0.4, -0.2) is 21.4 Å². The van der Waals surface area contributed by atoms with Gasteiger partial charge in [-0.1, -0.05) is 54.4 Å². The predicted molar refractivity (Wildman–Crippen MR) is 109 cm³/mol. The molecule has 0 bridgehead atoms. The molecule has 0 saturated carbocycles. The van der Waals surface area contributed by atoms with Gasteiger partial charge in [-0.25, -0.2) is 0 Å². The van der Waals surface area contributed by atoms with Crippen molar-refractivity contribution in [2.75, 3.05) is 0 Å². The van der Waals surface area contributed by atoms with Crippen molar-refractivity contribution < 1.29 is 10.0 Å². The van der Waals surface area contributed by atoms with E-state index >= 15 is 0 Å². The SMILES string of the molecule is CCCc1c(C(C)=NO)c2ccc(C(N)=O)cc2n1Cc1ccccc1Cl. The number of nitrogens with zero attached hydrogens (tertiary/aromatic N) is 2. The molecule has 0 aliphatic carbocycles.